The van der Waals surface area contributed by atoms with E-state index in [2.05, 4.69) is 15.5 Å². The lowest BCUT2D eigenvalue weighted by atomic mass is 9.92. The lowest BCUT2D eigenvalue weighted by Gasteiger charge is -2.26. The highest BCUT2D eigenvalue weighted by molar-refractivity contribution is 7.89. The third kappa shape index (κ3) is 3.90. The molecule has 8 nitrogen and oxygen atoms in total. The number of benzene rings is 1. The van der Waals surface area contributed by atoms with Gasteiger partial charge in [0.2, 0.25) is 10.0 Å². The Morgan fingerprint density at radius 1 is 1.16 bits per heavy atom. The minimum absolute atomic E-state index is 0.183. The van der Waals surface area contributed by atoms with E-state index in [1.54, 1.807) is 19.1 Å². The smallest absolute Gasteiger partial charge is 0.279 e. The fourth-order valence-electron chi connectivity index (χ4n) is 4.08. The lowest BCUT2D eigenvalue weighted by molar-refractivity contribution is 0.101. The van der Waals surface area contributed by atoms with E-state index in [4.69, 9.17) is 4.52 Å². The van der Waals surface area contributed by atoms with Crippen molar-refractivity contribution in [2.45, 2.75) is 50.5 Å². The van der Waals surface area contributed by atoms with E-state index in [9.17, 15) is 13.2 Å². The van der Waals surface area contributed by atoms with Gasteiger partial charge in [0, 0.05) is 23.9 Å². The Balaban J connectivity index is 1.34. The zero-order valence-corrected chi connectivity index (χ0v) is 18.7. The molecule has 162 valence electrons. The summed E-state index contributed by atoms with van der Waals surface area (Å²) < 4.78 is 33.0. The molecule has 0 bridgehead atoms. The number of hydrogen-bond donors (Lipinski definition) is 1. The van der Waals surface area contributed by atoms with Crippen LogP contribution in [0.3, 0.4) is 0 Å². The summed E-state index contributed by atoms with van der Waals surface area (Å²) in [5.74, 6) is 0.146. The third-order valence-electron chi connectivity index (χ3n) is 5.74. The Bertz CT molecular complexity index is 1260. The van der Waals surface area contributed by atoms with Gasteiger partial charge in [-0.3, -0.25) is 10.1 Å². The number of nitrogens with zero attached hydrogens (tertiary/aromatic N) is 3. The highest BCUT2D eigenvalue weighted by Crippen LogP contribution is 2.32. The molecule has 10 heteroatoms. The molecular formula is C21H22N4O4S2. The SMILES string of the molecule is Cc1cc(C(=O)Nc2nc3c(s2)CN(S(=O)(=O)c2ccc4c(c2)CCCC4)CC3)no1. The van der Waals surface area contributed by atoms with E-state index in [0.717, 1.165) is 41.8 Å². The predicted octanol–water partition coefficient (Wildman–Crippen LogP) is 3.32. The second-order valence-electron chi connectivity index (χ2n) is 7.89. The quantitative estimate of drug-likeness (QED) is 0.643. The van der Waals surface area contributed by atoms with Crippen molar-refractivity contribution in [1.82, 2.24) is 14.4 Å². The Kier molecular flexibility index (Phi) is 5.15. The average Bonchev–Trinajstić information content (AvgIpc) is 3.38. The van der Waals surface area contributed by atoms with Crippen molar-refractivity contribution in [2.75, 3.05) is 11.9 Å². The van der Waals surface area contributed by atoms with Gasteiger partial charge < -0.3 is 4.52 Å². The van der Waals surface area contributed by atoms with Crippen LogP contribution in [0.25, 0.3) is 0 Å². The molecule has 1 N–H and O–H groups in total. The molecule has 5 rings (SSSR count). The Morgan fingerprint density at radius 2 is 1.97 bits per heavy atom. The van der Waals surface area contributed by atoms with Gasteiger partial charge in [0.25, 0.3) is 5.91 Å². The molecule has 1 aromatic carbocycles. The van der Waals surface area contributed by atoms with Gasteiger partial charge in [0.15, 0.2) is 10.8 Å². The number of anilines is 1. The third-order valence-corrected chi connectivity index (χ3v) is 8.57. The largest absolute Gasteiger partial charge is 0.361 e. The number of carbonyl (C=O) groups excluding carboxylic acids is 1. The highest BCUT2D eigenvalue weighted by atomic mass is 32.2. The zero-order chi connectivity index (χ0) is 21.6. The molecule has 1 aliphatic heterocycles. The van der Waals surface area contributed by atoms with E-state index in [0.29, 0.717) is 28.8 Å². The van der Waals surface area contributed by atoms with E-state index in [1.165, 1.54) is 21.2 Å². The molecule has 1 aliphatic carbocycles. The van der Waals surface area contributed by atoms with Crippen molar-refractivity contribution in [3.63, 3.8) is 0 Å². The monoisotopic (exact) mass is 458 g/mol. The molecule has 3 heterocycles. The molecule has 31 heavy (non-hydrogen) atoms. The maximum absolute atomic E-state index is 13.3. The molecule has 0 saturated heterocycles. The summed E-state index contributed by atoms with van der Waals surface area (Å²) in [5, 5.41) is 6.86. The van der Waals surface area contributed by atoms with Crippen LogP contribution in [0.4, 0.5) is 5.13 Å². The molecular weight excluding hydrogens is 436 g/mol. The van der Waals surface area contributed by atoms with Crippen molar-refractivity contribution in [3.05, 3.63) is 57.4 Å². The van der Waals surface area contributed by atoms with Crippen LogP contribution in [0.2, 0.25) is 0 Å². The van der Waals surface area contributed by atoms with Crippen molar-refractivity contribution < 1.29 is 17.7 Å². The van der Waals surface area contributed by atoms with Crippen molar-refractivity contribution in [1.29, 1.82) is 0 Å². The summed E-state index contributed by atoms with van der Waals surface area (Å²) in [6.07, 6.45) is 4.73. The van der Waals surface area contributed by atoms with E-state index in [-0.39, 0.29) is 12.2 Å². The first-order valence-electron chi connectivity index (χ1n) is 10.3. The molecule has 0 radical (unpaired) electrons. The van der Waals surface area contributed by atoms with Gasteiger partial charge in [0.05, 0.1) is 17.1 Å². The van der Waals surface area contributed by atoms with Gasteiger partial charge >= 0.3 is 0 Å². The second-order valence-corrected chi connectivity index (χ2v) is 10.9. The van der Waals surface area contributed by atoms with Crippen LogP contribution in [-0.4, -0.2) is 35.3 Å². The summed E-state index contributed by atoms with van der Waals surface area (Å²) in [4.78, 5) is 18.0. The van der Waals surface area contributed by atoms with Crippen molar-refractivity contribution in [3.8, 4) is 0 Å². The fourth-order valence-corrected chi connectivity index (χ4v) is 6.65. The molecule has 0 spiro atoms. The minimum Gasteiger partial charge on any atom is -0.361 e. The number of carbonyl (C=O) groups is 1. The first-order chi connectivity index (χ1) is 14.9. The van der Waals surface area contributed by atoms with Gasteiger partial charge in [-0.15, -0.1) is 11.3 Å². The summed E-state index contributed by atoms with van der Waals surface area (Å²) in [7, 11) is -3.59. The number of thiazole rings is 1. The summed E-state index contributed by atoms with van der Waals surface area (Å²) in [6.45, 7) is 2.33. The summed E-state index contributed by atoms with van der Waals surface area (Å²) >= 11 is 1.30. The number of nitrogens with one attached hydrogen (secondary N) is 1. The average molecular weight is 459 g/mol. The first-order valence-corrected chi connectivity index (χ1v) is 12.5. The topological polar surface area (TPSA) is 105 Å². The normalized spacial score (nSPS) is 16.5. The van der Waals surface area contributed by atoms with E-state index < -0.39 is 15.9 Å². The number of fused-ring (bicyclic) bond motifs is 2. The van der Waals surface area contributed by atoms with Gasteiger partial charge in [-0.05, 0) is 55.9 Å². The number of sulfonamides is 1. The molecule has 2 aliphatic rings. The summed E-state index contributed by atoms with van der Waals surface area (Å²) in [5.41, 5.74) is 3.42. The fraction of sp³-hybridized carbons (Fsp3) is 0.381. The van der Waals surface area contributed by atoms with Crippen LogP contribution in [-0.2, 0) is 35.8 Å². The van der Waals surface area contributed by atoms with Crippen LogP contribution in [0, 0.1) is 6.92 Å². The Labute approximate surface area is 184 Å². The molecule has 0 saturated carbocycles. The number of aryl methyl sites for hydroxylation is 3. The molecule has 0 unspecified atom stereocenters. The highest BCUT2D eigenvalue weighted by Gasteiger charge is 2.31. The molecule has 3 aromatic rings. The molecule has 0 atom stereocenters. The lowest BCUT2D eigenvalue weighted by Crippen LogP contribution is -2.35. The van der Waals surface area contributed by atoms with Crippen LogP contribution >= 0.6 is 11.3 Å². The van der Waals surface area contributed by atoms with Crippen LogP contribution in [0.15, 0.2) is 33.7 Å². The van der Waals surface area contributed by atoms with Gasteiger partial charge in [-0.2, -0.15) is 4.31 Å². The van der Waals surface area contributed by atoms with Gasteiger partial charge in [-0.1, -0.05) is 11.2 Å². The van der Waals surface area contributed by atoms with Crippen molar-refractivity contribution >= 4 is 32.4 Å². The minimum atomic E-state index is -3.59. The molecule has 1 amide bonds. The van der Waals surface area contributed by atoms with E-state index in [1.807, 2.05) is 12.1 Å². The Morgan fingerprint density at radius 3 is 2.74 bits per heavy atom. The Hall–Kier alpha value is -2.56. The van der Waals surface area contributed by atoms with Gasteiger partial charge in [0.1, 0.15) is 5.76 Å². The van der Waals surface area contributed by atoms with Crippen LogP contribution in [0.1, 0.15) is 50.8 Å². The van der Waals surface area contributed by atoms with E-state index >= 15 is 0 Å². The summed E-state index contributed by atoms with van der Waals surface area (Å²) in [6, 6.07) is 7.09. The number of aromatic nitrogens is 2. The van der Waals surface area contributed by atoms with Crippen LogP contribution in [0.5, 0.6) is 0 Å². The maximum Gasteiger partial charge on any atom is 0.279 e. The molecule has 0 fully saturated rings. The van der Waals surface area contributed by atoms with Crippen LogP contribution < -0.4 is 5.32 Å². The number of amides is 1. The predicted molar refractivity (Wildman–Crippen MR) is 116 cm³/mol. The molecule has 2 aromatic heterocycles. The van der Waals surface area contributed by atoms with Gasteiger partial charge in [-0.25, -0.2) is 13.4 Å². The number of rotatable bonds is 4. The standard InChI is InChI=1S/C21H22N4O4S2/c1-13-10-18(24-29-13)20(26)23-21-22-17-8-9-25(12-19(17)30-21)31(27,28)16-7-6-14-4-2-3-5-15(14)11-16/h6-7,10-11H,2-5,8-9,12H2,1H3,(H,22,23,26). The second kappa shape index (κ2) is 7.85. The first kappa shape index (κ1) is 20.3. The van der Waals surface area contributed by atoms with Crippen molar-refractivity contribution in [2.24, 2.45) is 0 Å². The maximum atomic E-state index is 13.3. The number of hydrogen-bond acceptors (Lipinski definition) is 7. The zero-order valence-electron chi connectivity index (χ0n) is 17.1.